The molecule has 0 aliphatic carbocycles. The van der Waals surface area contributed by atoms with Crippen LogP contribution in [0.2, 0.25) is 0 Å². The van der Waals surface area contributed by atoms with Crippen LogP contribution in [0.3, 0.4) is 0 Å². The normalized spacial score (nSPS) is 11.8. The van der Waals surface area contributed by atoms with Gasteiger partial charge in [0.25, 0.3) is 0 Å². The first kappa shape index (κ1) is 28.7. The molecule has 0 amide bonds. The van der Waals surface area contributed by atoms with E-state index in [-0.39, 0.29) is 19.5 Å². The monoisotopic (exact) mass is 682 g/mol. The molecule has 0 saturated carbocycles. The van der Waals surface area contributed by atoms with Crippen molar-refractivity contribution in [3.05, 3.63) is 103 Å². The summed E-state index contributed by atoms with van der Waals surface area (Å²) in [6.45, 7) is 2.11. The van der Waals surface area contributed by atoms with Crippen molar-refractivity contribution in [2.24, 2.45) is 0 Å². The van der Waals surface area contributed by atoms with Crippen molar-refractivity contribution in [3.63, 3.8) is 0 Å². The van der Waals surface area contributed by atoms with E-state index in [9.17, 15) is 0 Å². The van der Waals surface area contributed by atoms with Crippen molar-refractivity contribution >= 4 is 83.4 Å². The number of fused-ring (bicyclic) bond motifs is 20. The third-order valence-corrected chi connectivity index (χ3v) is 9.41. The molecule has 1 unspecified atom stereocenters. The van der Waals surface area contributed by atoms with Gasteiger partial charge in [0.05, 0.1) is 22.8 Å². The van der Waals surface area contributed by atoms with E-state index in [4.69, 9.17) is 19.9 Å². The van der Waals surface area contributed by atoms with Gasteiger partial charge in [-0.05, 0) is 94.4 Å². The summed E-state index contributed by atoms with van der Waals surface area (Å²) in [4.78, 5) is 22.5. The standard InChI is InChI=1S/C37H23N4PS2.Zn/c1-18-2-6-22-26(10-18)34-17-35-27-11-19(42)3-7-23(27)32(39-35)15-36-29-13-21(44)5-9-25(29)33(41-36)16-37-28-12-20(43)4-8-24(28)31(40-37)14-30(22)38-34;/h2-17H,42H2,1H3,(H2-2,38,39,40,41,43,44);/q-2;+2. The van der Waals surface area contributed by atoms with Crippen LogP contribution in [0.4, 0.5) is 0 Å². The Balaban J connectivity index is 0.00000300. The van der Waals surface area contributed by atoms with Gasteiger partial charge in [-0.2, -0.15) is 0 Å². The molecule has 8 heteroatoms. The molecule has 9 rings (SSSR count). The van der Waals surface area contributed by atoms with Crippen LogP contribution in [0.15, 0.2) is 107 Å². The summed E-state index contributed by atoms with van der Waals surface area (Å²) in [5.74, 6) is 0. The number of rotatable bonds is 0. The second-order valence-corrected chi connectivity index (χ2v) is 13.1. The Morgan fingerprint density at radius 1 is 0.489 bits per heavy atom. The van der Waals surface area contributed by atoms with Gasteiger partial charge in [0.15, 0.2) is 0 Å². The van der Waals surface area contributed by atoms with E-state index < -0.39 is 0 Å². The summed E-state index contributed by atoms with van der Waals surface area (Å²) in [5, 5.41) is 5.33. The first-order chi connectivity index (χ1) is 21.4. The number of aryl methyl sites for hydroxylation is 1. The maximum absolute atomic E-state index is 5.19. The van der Waals surface area contributed by atoms with Gasteiger partial charge in [-0.3, -0.25) is 0 Å². The van der Waals surface area contributed by atoms with E-state index in [1.165, 1.54) is 5.56 Å². The van der Waals surface area contributed by atoms with Gasteiger partial charge in [0.2, 0.25) is 0 Å². The van der Waals surface area contributed by atoms with E-state index in [0.717, 1.165) is 104 Å². The molecule has 2 aliphatic rings. The summed E-state index contributed by atoms with van der Waals surface area (Å²) in [7, 11) is 2.81. The Kier molecular flexibility index (Phi) is 6.82. The summed E-state index contributed by atoms with van der Waals surface area (Å²) in [6.07, 6.45) is 0. The van der Waals surface area contributed by atoms with E-state index >= 15 is 0 Å². The fourth-order valence-electron chi connectivity index (χ4n) is 6.42. The minimum absolute atomic E-state index is 0. The minimum Gasteiger partial charge on any atom is -0.657 e. The van der Waals surface area contributed by atoms with Crippen molar-refractivity contribution in [3.8, 4) is 45.0 Å². The minimum atomic E-state index is 0. The van der Waals surface area contributed by atoms with Crippen LogP contribution in [0.1, 0.15) is 5.56 Å². The van der Waals surface area contributed by atoms with E-state index in [1.807, 2.05) is 12.1 Å². The molecule has 5 heterocycles. The van der Waals surface area contributed by atoms with Crippen LogP contribution in [-0.2, 0) is 19.5 Å². The van der Waals surface area contributed by atoms with Crippen molar-refractivity contribution in [1.82, 2.24) is 19.9 Å². The van der Waals surface area contributed by atoms with Gasteiger partial charge in [0, 0.05) is 32.0 Å². The number of thiol groups is 2. The first-order valence-electron chi connectivity index (χ1n) is 14.3. The van der Waals surface area contributed by atoms with E-state index in [1.54, 1.807) is 0 Å². The molecule has 7 aromatic rings. The molecule has 0 N–H and O–H groups in total. The molecule has 210 valence electrons. The number of aromatic nitrogens is 4. The van der Waals surface area contributed by atoms with Crippen LogP contribution in [0.25, 0.3) is 88.6 Å². The van der Waals surface area contributed by atoms with Crippen LogP contribution in [0, 0.1) is 6.92 Å². The van der Waals surface area contributed by atoms with Gasteiger partial charge in [-0.15, -0.1) is 56.6 Å². The van der Waals surface area contributed by atoms with E-state index in [2.05, 4.69) is 126 Å². The Morgan fingerprint density at radius 3 is 1.60 bits per heavy atom. The van der Waals surface area contributed by atoms with Crippen molar-refractivity contribution < 1.29 is 19.5 Å². The Labute approximate surface area is 285 Å². The number of hydrogen-bond acceptors (Lipinski definition) is 4. The number of hydrogen-bond donors (Lipinski definition) is 2. The molecule has 0 spiro atoms. The van der Waals surface area contributed by atoms with Crippen LogP contribution in [0.5, 0.6) is 0 Å². The molecule has 4 nitrogen and oxygen atoms in total. The maximum Gasteiger partial charge on any atom is 2.00 e. The molecular weight excluding hydrogens is 661 g/mol. The SMILES string of the molecule is Cc1ccc2c(c1)-c1cc3[n-]c(cc4nc(cc5[n-]c(cc-2n1)c1ccc(S)cc51)-c1ccc(S)cc1-4)c1ccc(P)cc31.[Zn+2]. The van der Waals surface area contributed by atoms with Crippen molar-refractivity contribution in [1.29, 1.82) is 0 Å². The smallest absolute Gasteiger partial charge is 0.657 e. The molecule has 8 bridgehead atoms. The summed E-state index contributed by atoms with van der Waals surface area (Å²) < 4.78 is 0. The van der Waals surface area contributed by atoms with Crippen LogP contribution in [-0.4, -0.2) is 9.97 Å². The van der Waals surface area contributed by atoms with Gasteiger partial charge in [-0.25, -0.2) is 9.97 Å². The van der Waals surface area contributed by atoms with Gasteiger partial charge < -0.3 is 9.97 Å². The van der Waals surface area contributed by atoms with Crippen molar-refractivity contribution in [2.45, 2.75) is 16.7 Å². The third kappa shape index (κ3) is 4.68. The molecule has 45 heavy (non-hydrogen) atoms. The number of benzene rings is 4. The molecule has 3 aromatic heterocycles. The first-order valence-corrected chi connectivity index (χ1v) is 15.8. The maximum atomic E-state index is 5.19. The topological polar surface area (TPSA) is 54.0 Å². The second kappa shape index (κ2) is 10.7. The Bertz CT molecular complexity index is 2570. The number of nitrogens with zero attached hydrogens (tertiary/aromatic N) is 4. The molecule has 4 aromatic carbocycles. The molecule has 0 radical (unpaired) electrons. The zero-order chi connectivity index (χ0) is 29.7. The predicted molar refractivity (Wildman–Crippen MR) is 191 cm³/mol. The zero-order valence-electron chi connectivity index (χ0n) is 24.2. The van der Waals surface area contributed by atoms with Gasteiger partial charge in [0.1, 0.15) is 0 Å². The van der Waals surface area contributed by atoms with Crippen LogP contribution >= 0.6 is 34.5 Å². The zero-order valence-corrected chi connectivity index (χ0v) is 30.1. The quantitative estimate of drug-likeness (QED) is 0.0953. The second-order valence-electron chi connectivity index (χ2n) is 11.4. The summed E-state index contributed by atoms with van der Waals surface area (Å²) >= 11 is 9.33. The average Bonchev–Trinajstić information content (AvgIpc) is 3.71. The summed E-state index contributed by atoms with van der Waals surface area (Å²) in [6, 6.07) is 33.7. The van der Waals surface area contributed by atoms with Crippen LogP contribution < -0.4 is 15.3 Å². The third-order valence-electron chi connectivity index (χ3n) is 8.49. The Morgan fingerprint density at radius 2 is 0.956 bits per heavy atom. The molecule has 0 fully saturated rings. The van der Waals surface area contributed by atoms with Gasteiger partial charge >= 0.3 is 19.5 Å². The Hall–Kier alpha value is -3.73. The predicted octanol–water partition coefficient (Wildman–Crippen LogP) is 8.93. The fourth-order valence-corrected chi connectivity index (χ4v) is 7.09. The molecular formula is C37H23N4PS2Zn. The van der Waals surface area contributed by atoms with Gasteiger partial charge in [-0.1, -0.05) is 42.0 Å². The average molecular weight is 684 g/mol. The molecule has 1 atom stereocenters. The van der Waals surface area contributed by atoms with Crippen molar-refractivity contribution in [2.75, 3.05) is 0 Å². The largest absolute Gasteiger partial charge is 2.00 e. The van der Waals surface area contributed by atoms with E-state index in [0.29, 0.717) is 0 Å². The molecule has 0 saturated heterocycles. The molecule has 2 aliphatic heterocycles. The summed E-state index contributed by atoms with van der Waals surface area (Å²) in [5.41, 5.74) is 12.4. The fraction of sp³-hybridized carbons (Fsp3) is 0.0270.